The highest BCUT2D eigenvalue weighted by Crippen LogP contribution is 2.25. The van der Waals surface area contributed by atoms with Gasteiger partial charge in [0, 0.05) is 25.6 Å². The molecular formula is C15H26BrN3O. The maximum Gasteiger partial charge on any atom is 0.0738 e. The Morgan fingerprint density at radius 2 is 2.30 bits per heavy atom. The summed E-state index contributed by atoms with van der Waals surface area (Å²) in [5.74, 6) is 0. The zero-order chi connectivity index (χ0) is 14.5. The summed E-state index contributed by atoms with van der Waals surface area (Å²) >= 11 is 3.70. The number of nitrogens with one attached hydrogen (secondary N) is 1. The first-order chi connectivity index (χ1) is 9.67. The van der Waals surface area contributed by atoms with E-state index in [-0.39, 0.29) is 0 Å². The minimum absolute atomic E-state index is 0.342. The molecule has 0 spiro atoms. The van der Waals surface area contributed by atoms with Gasteiger partial charge < -0.3 is 10.1 Å². The lowest BCUT2D eigenvalue weighted by molar-refractivity contribution is 0.0777. The summed E-state index contributed by atoms with van der Waals surface area (Å²) in [5.41, 5.74) is 2.36. The van der Waals surface area contributed by atoms with Gasteiger partial charge in [0.25, 0.3) is 0 Å². The zero-order valence-corrected chi connectivity index (χ0v) is 14.4. The smallest absolute Gasteiger partial charge is 0.0738 e. The summed E-state index contributed by atoms with van der Waals surface area (Å²) in [5, 5.41) is 8.25. The molecule has 1 aliphatic heterocycles. The van der Waals surface area contributed by atoms with E-state index < -0.39 is 0 Å². The molecule has 5 heteroatoms. The van der Waals surface area contributed by atoms with Gasteiger partial charge in [0.15, 0.2) is 0 Å². The van der Waals surface area contributed by atoms with E-state index in [9.17, 15) is 0 Å². The first-order valence-corrected chi connectivity index (χ1v) is 8.53. The fourth-order valence-corrected chi connectivity index (χ4v) is 3.30. The number of hydrogen-bond donors (Lipinski definition) is 1. The molecule has 20 heavy (non-hydrogen) atoms. The number of aromatic nitrogens is 2. The Morgan fingerprint density at radius 1 is 1.50 bits per heavy atom. The van der Waals surface area contributed by atoms with Crippen molar-refractivity contribution < 1.29 is 4.74 Å². The van der Waals surface area contributed by atoms with Crippen molar-refractivity contribution in [3.8, 4) is 0 Å². The molecule has 0 aromatic carbocycles. The van der Waals surface area contributed by atoms with E-state index in [0.717, 1.165) is 49.1 Å². The lowest BCUT2D eigenvalue weighted by Crippen LogP contribution is -2.42. The topological polar surface area (TPSA) is 39.1 Å². The van der Waals surface area contributed by atoms with Gasteiger partial charge in [0.2, 0.25) is 0 Å². The largest absolute Gasteiger partial charge is 0.377 e. The molecule has 2 heterocycles. The lowest BCUT2D eigenvalue weighted by atomic mass is 10.0. The molecule has 2 rings (SSSR count). The van der Waals surface area contributed by atoms with Gasteiger partial charge in [-0.3, -0.25) is 4.68 Å². The van der Waals surface area contributed by atoms with Crippen molar-refractivity contribution in [3.05, 3.63) is 15.9 Å². The predicted octanol–water partition coefficient (Wildman–Crippen LogP) is 3.06. The third-order valence-corrected chi connectivity index (χ3v) is 4.97. The molecular weight excluding hydrogens is 318 g/mol. The third kappa shape index (κ3) is 3.62. The van der Waals surface area contributed by atoms with Crippen LogP contribution >= 0.6 is 15.9 Å². The summed E-state index contributed by atoms with van der Waals surface area (Å²) in [7, 11) is 0. The predicted molar refractivity (Wildman–Crippen MR) is 85.1 cm³/mol. The van der Waals surface area contributed by atoms with E-state index in [1.807, 2.05) is 0 Å². The van der Waals surface area contributed by atoms with Crippen molar-refractivity contribution in [3.63, 3.8) is 0 Å². The molecule has 1 N–H and O–H groups in total. The average molecular weight is 344 g/mol. The molecule has 2 atom stereocenters. The monoisotopic (exact) mass is 343 g/mol. The van der Waals surface area contributed by atoms with E-state index in [2.05, 4.69) is 51.8 Å². The molecule has 0 saturated carbocycles. The minimum Gasteiger partial charge on any atom is -0.377 e. The second-order valence-electron chi connectivity index (χ2n) is 5.48. The molecule has 4 nitrogen and oxygen atoms in total. The summed E-state index contributed by atoms with van der Waals surface area (Å²) in [6.07, 6.45) is 4.81. The standard InChI is InChI=1S/C15H26BrN3O/c1-4-8-17-12(14-7-6-9-20-14)10-13-15(16)11(3)18-19(13)5-2/h12,14,17H,4-10H2,1-3H3. The van der Waals surface area contributed by atoms with Crippen LogP contribution in [0.3, 0.4) is 0 Å². The van der Waals surface area contributed by atoms with Crippen molar-refractivity contribution in [1.82, 2.24) is 15.1 Å². The van der Waals surface area contributed by atoms with Crippen LogP contribution in [0.2, 0.25) is 0 Å². The Hall–Kier alpha value is -0.390. The summed E-state index contributed by atoms with van der Waals surface area (Å²) < 4.78 is 9.16. The van der Waals surface area contributed by atoms with Gasteiger partial charge in [-0.05, 0) is 55.6 Å². The Bertz CT molecular complexity index is 427. The molecule has 1 aromatic heterocycles. The number of aryl methyl sites for hydroxylation is 2. The molecule has 114 valence electrons. The summed E-state index contributed by atoms with van der Waals surface area (Å²) in [6, 6.07) is 0.384. The molecule has 0 bridgehead atoms. The molecule has 2 unspecified atom stereocenters. The molecule has 1 aliphatic rings. The van der Waals surface area contributed by atoms with E-state index in [1.165, 1.54) is 12.1 Å². The fourth-order valence-electron chi connectivity index (χ4n) is 2.86. The molecule has 0 aliphatic carbocycles. The second kappa shape index (κ2) is 7.57. The molecule has 1 saturated heterocycles. The number of rotatable bonds is 7. The zero-order valence-electron chi connectivity index (χ0n) is 12.8. The molecule has 1 fully saturated rings. The third-order valence-electron chi connectivity index (χ3n) is 3.94. The summed E-state index contributed by atoms with van der Waals surface area (Å²) in [6.45, 7) is 9.26. The van der Waals surface area contributed by atoms with Crippen LogP contribution in [-0.2, 0) is 17.7 Å². The fraction of sp³-hybridized carbons (Fsp3) is 0.800. The number of hydrogen-bond acceptors (Lipinski definition) is 3. The van der Waals surface area contributed by atoms with Crippen LogP contribution in [0.1, 0.15) is 44.5 Å². The molecule has 0 amide bonds. The van der Waals surface area contributed by atoms with Gasteiger partial charge in [0.05, 0.1) is 22.0 Å². The van der Waals surface area contributed by atoms with Crippen LogP contribution < -0.4 is 5.32 Å². The Balaban J connectivity index is 2.13. The normalized spacial score (nSPS) is 20.5. The van der Waals surface area contributed by atoms with Crippen molar-refractivity contribution in [2.45, 2.75) is 65.1 Å². The van der Waals surface area contributed by atoms with Crippen molar-refractivity contribution in [1.29, 1.82) is 0 Å². The van der Waals surface area contributed by atoms with E-state index in [4.69, 9.17) is 4.74 Å². The second-order valence-corrected chi connectivity index (χ2v) is 6.27. The highest BCUT2D eigenvalue weighted by atomic mass is 79.9. The van der Waals surface area contributed by atoms with E-state index in [0.29, 0.717) is 12.1 Å². The average Bonchev–Trinajstić information content (AvgIpc) is 3.06. The van der Waals surface area contributed by atoms with Crippen LogP contribution in [0.25, 0.3) is 0 Å². The Morgan fingerprint density at radius 3 is 2.90 bits per heavy atom. The van der Waals surface area contributed by atoms with Crippen LogP contribution in [0.4, 0.5) is 0 Å². The maximum absolute atomic E-state index is 5.90. The Kier molecular flexibility index (Phi) is 6.05. The van der Waals surface area contributed by atoms with Gasteiger partial charge in [-0.2, -0.15) is 5.10 Å². The van der Waals surface area contributed by atoms with Crippen LogP contribution in [0.5, 0.6) is 0 Å². The molecule has 1 aromatic rings. The SMILES string of the molecule is CCCNC(Cc1c(Br)c(C)nn1CC)C1CCCO1. The lowest BCUT2D eigenvalue weighted by Gasteiger charge is -2.24. The van der Waals surface area contributed by atoms with Gasteiger partial charge >= 0.3 is 0 Å². The molecule has 0 radical (unpaired) electrons. The quantitative estimate of drug-likeness (QED) is 0.826. The number of nitrogens with zero attached hydrogens (tertiary/aromatic N) is 2. The first kappa shape index (κ1) is 16.0. The van der Waals surface area contributed by atoms with Gasteiger partial charge in [-0.1, -0.05) is 6.92 Å². The number of ether oxygens (including phenoxy) is 1. The van der Waals surface area contributed by atoms with Gasteiger partial charge in [0.1, 0.15) is 0 Å². The van der Waals surface area contributed by atoms with Crippen LogP contribution in [0, 0.1) is 6.92 Å². The Labute approximate surface area is 130 Å². The van der Waals surface area contributed by atoms with Crippen molar-refractivity contribution in [2.24, 2.45) is 0 Å². The maximum atomic E-state index is 5.90. The van der Waals surface area contributed by atoms with Crippen LogP contribution in [0.15, 0.2) is 4.47 Å². The minimum atomic E-state index is 0.342. The van der Waals surface area contributed by atoms with E-state index >= 15 is 0 Å². The summed E-state index contributed by atoms with van der Waals surface area (Å²) in [4.78, 5) is 0. The number of halogens is 1. The first-order valence-electron chi connectivity index (χ1n) is 7.74. The van der Waals surface area contributed by atoms with Gasteiger partial charge in [-0.25, -0.2) is 0 Å². The highest BCUT2D eigenvalue weighted by Gasteiger charge is 2.27. The van der Waals surface area contributed by atoms with Gasteiger partial charge in [-0.15, -0.1) is 0 Å². The van der Waals surface area contributed by atoms with Crippen LogP contribution in [-0.4, -0.2) is 35.1 Å². The highest BCUT2D eigenvalue weighted by molar-refractivity contribution is 9.10. The van der Waals surface area contributed by atoms with E-state index in [1.54, 1.807) is 0 Å². The van der Waals surface area contributed by atoms with Crippen molar-refractivity contribution >= 4 is 15.9 Å². The van der Waals surface area contributed by atoms with Crippen molar-refractivity contribution in [2.75, 3.05) is 13.2 Å².